The van der Waals surface area contributed by atoms with Gasteiger partial charge in [-0.25, -0.2) is 0 Å². The Hall–Kier alpha value is -3.02. The minimum Gasteiger partial charge on any atom is -0.344 e. The standard InChI is InChI=1S/C20H23N3O3/c1-14(2)18(23-19(25)16-8-10-21-11-9-16)20(26)22-17(13-24)12-15-6-4-3-5-7-15/h3-11,13-14,17-18H,12H2,1-2H3,(H,22,26)(H,23,25)/t17?,18-/m0/s1. The highest BCUT2D eigenvalue weighted by Gasteiger charge is 2.26. The van der Waals surface area contributed by atoms with Crippen molar-refractivity contribution in [3.63, 3.8) is 0 Å². The Bertz CT molecular complexity index is 732. The van der Waals surface area contributed by atoms with E-state index in [1.165, 1.54) is 12.4 Å². The molecule has 0 saturated heterocycles. The summed E-state index contributed by atoms with van der Waals surface area (Å²) in [6.07, 6.45) is 4.15. The molecule has 1 aromatic carbocycles. The van der Waals surface area contributed by atoms with E-state index in [2.05, 4.69) is 15.6 Å². The van der Waals surface area contributed by atoms with Crippen molar-refractivity contribution in [1.82, 2.24) is 15.6 Å². The van der Waals surface area contributed by atoms with Crippen LogP contribution in [0.15, 0.2) is 54.9 Å². The molecule has 6 nitrogen and oxygen atoms in total. The zero-order valence-corrected chi connectivity index (χ0v) is 14.9. The van der Waals surface area contributed by atoms with Gasteiger partial charge in [-0.15, -0.1) is 0 Å². The smallest absolute Gasteiger partial charge is 0.252 e. The molecule has 0 aliphatic heterocycles. The van der Waals surface area contributed by atoms with Gasteiger partial charge in [0, 0.05) is 18.0 Å². The van der Waals surface area contributed by atoms with Crippen molar-refractivity contribution in [3.05, 3.63) is 66.0 Å². The van der Waals surface area contributed by atoms with Gasteiger partial charge in [0.05, 0.1) is 6.04 Å². The van der Waals surface area contributed by atoms with Crippen molar-refractivity contribution in [2.24, 2.45) is 5.92 Å². The first-order valence-corrected chi connectivity index (χ1v) is 8.51. The molecule has 0 aliphatic rings. The lowest BCUT2D eigenvalue weighted by atomic mass is 10.0. The first-order valence-electron chi connectivity index (χ1n) is 8.51. The summed E-state index contributed by atoms with van der Waals surface area (Å²) >= 11 is 0. The Morgan fingerprint density at radius 3 is 2.27 bits per heavy atom. The zero-order chi connectivity index (χ0) is 18.9. The highest BCUT2D eigenvalue weighted by Crippen LogP contribution is 2.07. The van der Waals surface area contributed by atoms with Crippen LogP contribution in [0.4, 0.5) is 0 Å². The molecule has 0 saturated carbocycles. The largest absolute Gasteiger partial charge is 0.344 e. The Morgan fingerprint density at radius 1 is 1.04 bits per heavy atom. The first-order chi connectivity index (χ1) is 12.5. The lowest BCUT2D eigenvalue weighted by Gasteiger charge is -2.23. The SMILES string of the molecule is CC(C)[C@H](NC(=O)c1ccncc1)C(=O)NC(C=O)Cc1ccccc1. The summed E-state index contributed by atoms with van der Waals surface area (Å²) in [5.41, 5.74) is 1.38. The second-order valence-corrected chi connectivity index (χ2v) is 6.37. The van der Waals surface area contributed by atoms with E-state index in [-0.39, 0.29) is 17.7 Å². The third kappa shape index (κ3) is 5.51. The van der Waals surface area contributed by atoms with Gasteiger partial charge in [0.25, 0.3) is 5.91 Å². The monoisotopic (exact) mass is 353 g/mol. The molecule has 136 valence electrons. The maximum Gasteiger partial charge on any atom is 0.252 e. The number of carbonyl (C=O) groups excluding carboxylic acids is 3. The predicted molar refractivity (Wildman–Crippen MR) is 98.5 cm³/mol. The number of hydrogen-bond donors (Lipinski definition) is 2. The molecule has 1 aromatic heterocycles. The van der Waals surface area contributed by atoms with Gasteiger partial charge in [0.15, 0.2) is 0 Å². The summed E-state index contributed by atoms with van der Waals surface area (Å²) in [4.78, 5) is 40.2. The lowest BCUT2D eigenvalue weighted by Crippen LogP contribution is -2.52. The van der Waals surface area contributed by atoms with E-state index in [9.17, 15) is 14.4 Å². The quantitative estimate of drug-likeness (QED) is 0.708. The summed E-state index contributed by atoms with van der Waals surface area (Å²) in [6, 6.07) is 11.2. The molecule has 0 radical (unpaired) electrons. The molecule has 26 heavy (non-hydrogen) atoms. The molecule has 2 amide bonds. The van der Waals surface area contributed by atoms with Crippen LogP contribution in [0, 0.1) is 5.92 Å². The van der Waals surface area contributed by atoms with Crippen molar-refractivity contribution < 1.29 is 14.4 Å². The summed E-state index contributed by atoms with van der Waals surface area (Å²) in [6.45, 7) is 3.67. The van der Waals surface area contributed by atoms with Crippen LogP contribution in [0.2, 0.25) is 0 Å². The number of nitrogens with zero attached hydrogens (tertiary/aromatic N) is 1. The maximum atomic E-state index is 12.6. The van der Waals surface area contributed by atoms with Gasteiger partial charge in [-0.1, -0.05) is 44.2 Å². The van der Waals surface area contributed by atoms with Crippen molar-refractivity contribution in [2.75, 3.05) is 0 Å². The first kappa shape index (κ1) is 19.3. The van der Waals surface area contributed by atoms with Crippen LogP contribution >= 0.6 is 0 Å². The van der Waals surface area contributed by atoms with Gasteiger partial charge >= 0.3 is 0 Å². The van der Waals surface area contributed by atoms with Gasteiger partial charge in [0.2, 0.25) is 5.91 Å². The number of pyridine rings is 1. The fourth-order valence-electron chi connectivity index (χ4n) is 2.54. The maximum absolute atomic E-state index is 12.6. The van der Waals surface area contributed by atoms with Gasteiger partial charge in [-0.3, -0.25) is 14.6 Å². The second kappa shape index (κ2) is 9.46. The van der Waals surface area contributed by atoms with Crippen LogP contribution < -0.4 is 10.6 Å². The zero-order valence-electron chi connectivity index (χ0n) is 14.9. The Kier molecular flexibility index (Phi) is 7.02. The van der Waals surface area contributed by atoms with Crippen LogP contribution in [0.1, 0.15) is 29.8 Å². The highest BCUT2D eigenvalue weighted by molar-refractivity contribution is 5.97. The number of hydrogen-bond acceptors (Lipinski definition) is 4. The Balaban J connectivity index is 2.02. The van der Waals surface area contributed by atoms with E-state index in [1.807, 2.05) is 44.2 Å². The normalized spacial score (nSPS) is 12.9. The van der Waals surface area contributed by atoms with Crippen LogP contribution in [0.25, 0.3) is 0 Å². The third-order valence-electron chi connectivity index (χ3n) is 3.97. The van der Waals surface area contributed by atoms with E-state index in [1.54, 1.807) is 12.1 Å². The van der Waals surface area contributed by atoms with E-state index in [4.69, 9.17) is 0 Å². The molecule has 6 heteroatoms. The van der Waals surface area contributed by atoms with Crippen molar-refractivity contribution in [3.8, 4) is 0 Å². The Morgan fingerprint density at radius 2 is 1.69 bits per heavy atom. The second-order valence-electron chi connectivity index (χ2n) is 6.37. The van der Waals surface area contributed by atoms with E-state index in [0.717, 1.165) is 5.56 Å². The molecule has 1 heterocycles. The van der Waals surface area contributed by atoms with E-state index >= 15 is 0 Å². The molecular weight excluding hydrogens is 330 g/mol. The minimum atomic E-state index is -0.742. The molecule has 0 aliphatic carbocycles. The molecule has 2 atom stereocenters. The van der Waals surface area contributed by atoms with Crippen LogP contribution in [-0.2, 0) is 16.0 Å². The van der Waals surface area contributed by atoms with E-state index < -0.39 is 12.1 Å². The molecule has 2 N–H and O–H groups in total. The van der Waals surface area contributed by atoms with Crippen LogP contribution in [-0.4, -0.2) is 35.2 Å². The molecule has 2 aromatic rings. The number of rotatable bonds is 8. The molecular formula is C20H23N3O3. The Labute approximate surface area is 153 Å². The summed E-state index contributed by atoms with van der Waals surface area (Å²) in [5, 5.41) is 5.45. The average Bonchev–Trinajstić information content (AvgIpc) is 2.66. The average molecular weight is 353 g/mol. The molecule has 0 fully saturated rings. The number of benzene rings is 1. The highest BCUT2D eigenvalue weighted by atomic mass is 16.2. The lowest BCUT2D eigenvalue weighted by molar-refractivity contribution is -0.126. The summed E-state index contributed by atoms with van der Waals surface area (Å²) < 4.78 is 0. The fraction of sp³-hybridized carbons (Fsp3) is 0.300. The van der Waals surface area contributed by atoms with Crippen molar-refractivity contribution in [2.45, 2.75) is 32.4 Å². The van der Waals surface area contributed by atoms with Gasteiger partial charge in [0.1, 0.15) is 12.3 Å². The van der Waals surface area contributed by atoms with Gasteiger partial charge < -0.3 is 15.4 Å². The van der Waals surface area contributed by atoms with Gasteiger partial charge in [-0.05, 0) is 30.0 Å². The number of nitrogens with one attached hydrogen (secondary N) is 2. The number of aromatic nitrogens is 1. The predicted octanol–water partition coefficient (Wildman–Crippen LogP) is 1.76. The third-order valence-corrected chi connectivity index (χ3v) is 3.97. The van der Waals surface area contributed by atoms with Crippen molar-refractivity contribution >= 4 is 18.1 Å². The van der Waals surface area contributed by atoms with Crippen LogP contribution in [0.3, 0.4) is 0 Å². The summed E-state index contributed by atoms with van der Waals surface area (Å²) in [7, 11) is 0. The van der Waals surface area contributed by atoms with Crippen LogP contribution in [0.5, 0.6) is 0 Å². The summed E-state index contributed by atoms with van der Waals surface area (Å²) in [5.74, 6) is -0.868. The number of amides is 2. The topological polar surface area (TPSA) is 88.2 Å². The molecule has 2 rings (SSSR count). The van der Waals surface area contributed by atoms with E-state index in [0.29, 0.717) is 18.3 Å². The minimum absolute atomic E-state index is 0.134. The fourth-order valence-corrected chi connectivity index (χ4v) is 2.54. The van der Waals surface area contributed by atoms with Crippen molar-refractivity contribution in [1.29, 1.82) is 0 Å². The molecule has 1 unspecified atom stereocenters. The number of aldehydes is 1. The molecule has 0 spiro atoms. The number of carbonyl (C=O) groups is 3. The van der Waals surface area contributed by atoms with Gasteiger partial charge in [-0.2, -0.15) is 0 Å². The molecule has 0 bridgehead atoms.